The van der Waals surface area contributed by atoms with Gasteiger partial charge in [0.05, 0.1) is 0 Å². The summed E-state index contributed by atoms with van der Waals surface area (Å²) in [7, 11) is 0. The van der Waals surface area contributed by atoms with Crippen LogP contribution in [0.3, 0.4) is 0 Å². The zero-order valence-electron chi connectivity index (χ0n) is 15.0. The van der Waals surface area contributed by atoms with Crippen molar-refractivity contribution in [2.75, 3.05) is 0 Å². The van der Waals surface area contributed by atoms with E-state index in [1.54, 1.807) is 24.3 Å². The van der Waals surface area contributed by atoms with Crippen molar-refractivity contribution in [1.82, 2.24) is 0 Å². The Balaban J connectivity index is 2.83. The van der Waals surface area contributed by atoms with E-state index in [1.165, 1.54) is 0 Å². The van der Waals surface area contributed by atoms with E-state index < -0.39 is 0 Å². The summed E-state index contributed by atoms with van der Waals surface area (Å²) in [4.78, 5) is 0. The smallest absolute Gasteiger partial charge is 0.127 e. The van der Waals surface area contributed by atoms with Crippen LogP contribution in [-0.4, -0.2) is 10.2 Å². The summed E-state index contributed by atoms with van der Waals surface area (Å²) in [6.07, 6.45) is 0. The number of hydrogen-bond acceptors (Lipinski definition) is 2. The van der Waals surface area contributed by atoms with Gasteiger partial charge in [-0.05, 0) is 35.1 Å². The fourth-order valence-corrected chi connectivity index (χ4v) is 3.19. The monoisotopic (exact) mass is 366 g/mol. The number of benzene rings is 2. The quantitative estimate of drug-likeness (QED) is 0.591. The van der Waals surface area contributed by atoms with Gasteiger partial charge in [0, 0.05) is 32.3 Å². The molecule has 4 heteroatoms. The molecule has 0 radical (unpaired) electrons. The van der Waals surface area contributed by atoms with Gasteiger partial charge in [0.2, 0.25) is 0 Å². The minimum atomic E-state index is -0.287. The van der Waals surface area contributed by atoms with Crippen LogP contribution in [0.1, 0.15) is 52.7 Å². The van der Waals surface area contributed by atoms with E-state index in [4.69, 9.17) is 23.2 Å². The molecule has 0 aromatic heterocycles. The normalized spacial score (nSPS) is 12.5. The van der Waals surface area contributed by atoms with Crippen LogP contribution in [0.2, 0.25) is 10.0 Å². The van der Waals surface area contributed by atoms with Crippen LogP contribution in [0, 0.1) is 0 Å². The van der Waals surface area contributed by atoms with Gasteiger partial charge in [-0.2, -0.15) is 0 Å². The van der Waals surface area contributed by atoms with Crippen LogP contribution < -0.4 is 0 Å². The summed E-state index contributed by atoms with van der Waals surface area (Å²) >= 11 is 12.5. The van der Waals surface area contributed by atoms with Gasteiger partial charge in [-0.25, -0.2) is 0 Å². The van der Waals surface area contributed by atoms with E-state index in [1.807, 2.05) is 41.5 Å². The molecular formula is C20H24Cl2O2. The van der Waals surface area contributed by atoms with E-state index in [2.05, 4.69) is 0 Å². The average Bonchev–Trinajstić information content (AvgIpc) is 2.41. The second-order valence-electron chi connectivity index (χ2n) is 8.20. The maximum atomic E-state index is 10.8. The predicted octanol–water partition coefficient (Wildman–Crippen LogP) is 6.67. The molecule has 0 saturated carbocycles. The Bertz CT molecular complexity index is 714. The van der Waals surface area contributed by atoms with Crippen molar-refractivity contribution in [1.29, 1.82) is 0 Å². The number of hydrogen-bond donors (Lipinski definition) is 2. The van der Waals surface area contributed by atoms with E-state index in [9.17, 15) is 10.2 Å². The van der Waals surface area contributed by atoms with Crippen molar-refractivity contribution in [3.8, 4) is 22.6 Å². The zero-order chi connectivity index (χ0) is 18.4. The number of aromatic hydroxyl groups is 2. The lowest BCUT2D eigenvalue weighted by Gasteiger charge is -2.25. The summed E-state index contributed by atoms with van der Waals surface area (Å²) in [5.41, 5.74) is 1.84. The van der Waals surface area contributed by atoms with Gasteiger partial charge in [0.25, 0.3) is 0 Å². The summed E-state index contributed by atoms with van der Waals surface area (Å²) in [5, 5.41) is 22.6. The molecule has 2 nitrogen and oxygen atoms in total. The van der Waals surface area contributed by atoms with Gasteiger partial charge in [0.15, 0.2) is 0 Å². The Morgan fingerprint density at radius 3 is 1.17 bits per heavy atom. The van der Waals surface area contributed by atoms with Gasteiger partial charge in [-0.1, -0.05) is 64.7 Å². The van der Waals surface area contributed by atoms with E-state index in [-0.39, 0.29) is 22.3 Å². The van der Waals surface area contributed by atoms with Gasteiger partial charge in [-0.15, -0.1) is 0 Å². The molecule has 0 aliphatic heterocycles. The number of halogens is 2. The Labute approximate surface area is 154 Å². The molecule has 0 amide bonds. The maximum Gasteiger partial charge on any atom is 0.127 e. The van der Waals surface area contributed by atoms with Gasteiger partial charge < -0.3 is 10.2 Å². The first-order valence-electron chi connectivity index (χ1n) is 7.88. The Hall–Kier alpha value is -1.38. The highest BCUT2D eigenvalue weighted by atomic mass is 35.5. The zero-order valence-corrected chi connectivity index (χ0v) is 16.5. The SMILES string of the molecule is CC(C)(C)c1cc(Cl)cc(-c2cc(Cl)cc(C(C)(C)C)c2O)c1O. The maximum absolute atomic E-state index is 10.8. The number of phenols is 2. The molecule has 2 rings (SSSR count). The minimum absolute atomic E-state index is 0.115. The molecule has 0 aliphatic rings. The standard InChI is InChI=1S/C20H24Cl2O2/c1-19(2,3)15-9-11(21)7-13(17(15)23)14-8-12(22)10-16(18(14)24)20(4,5)6/h7-10,23-24H,1-6H3. The molecule has 2 aromatic rings. The van der Waals surface area contributed by atoms with Crippen LogP contribution in [0.4, 0.5) is 0 Å². The lowest BCUT2D eigenvalue weighted by Crippen LogP contribution is -2.13. The fourth-order valence-electron chi connectivity index (χ4n) is 2.75. The molecule has 0 bridgehead atoms. The van der Waals surface area contributed by atoms with E-state index in [0.717, 1.165) is 11.1 Å². The highest BCUT2D eigenvalue weighted by Gasteiger charge is 2.26. The molecule has 0 fully saturated rings. The van der Waals surface area contributed by atoms with Crippen molar-refractivity contribution in [2.24, 2.45) is 0 Å². The van der Waals surface area contributed by atoms with E-state index >= 15 is 0 Å². The first-order chi connectivity index (χ1) is 10.8. The second-order valence-corrected chi connectivity index (χ2v) is 9.07. The molecule has 0 saturated heterocycles. The van der Waals surface area contributed by atoms with Crippen molar-refractivity contribution in [3.05, 3.63) is 45.4 Å². The summed E-state index contributed by atoms with van der Waals surface area (Å²) in [5.74, 6) is 0.230. The van der Waals surface area contributed by atoms with Crippen LogP contribution in [-0.2, 0) is 10.8 Å². The Kier molecular flexibility index (Phi) is 4.87. The first-order valence-corrected chi connectivity index (χ1v) is 8.64. The average molecular weight is 367 g/mol. The Morgan fingerprint density at radius 2 is 0.917 bits per heavy atom. The molecule has 24 heavy (non-hydrogen) atoms. The second kappa shape index (κ2) is 6.16. The van der Waals surface area contributed by atoms with Crippen molar-refractivity contribution in [2.45, 2.75) is 52.4 Å². The van der Waals surface area contributed by atoms with Gasteiger partial charge in [0.1, 0.15) is 11.5 Å². The van der Waals surface area contributed by atoms with Crippen molar-refractivity contribution < 1.29 is 10.2 Å². The largest absolute Gasteiger partial charge is 0.507 e. The van der Waals surface area contributed by atoms with Crippen molar-refractivity contribution >= 4 is 23.2 Å². The molecule has 0 aliphatic carbocycles. The summed E-state index contributed by atoms with van der Waals surface area (Å²) in [6, 6.07) is 6.83. The highest BCUT2D eigenvalue weighted by Crippen LogP contribution is 2.46. The molecular weight excluding hydrogens is 343 g/mol. The third kappa shape index (κ3) is 3.65. The third-order valence-electron chi connectivity index (χ3n) is 4.06. The summed E-state index contributed by atoms with van der Waals surface area (Å²) < 4.78 is 0. The number of rotatable bonds is 1. The lowest BCUT2D eigenvalue weighted by molar-refractivity contribution is 0.441. The molecule has 0 unspecified atom stereocenters. The van der Waals surface area contributed by atoms with Gasteiger partial charge >= 0.3 is 0 Å². The Morgan fingerprint density at radius 1 is 0.625 bits per heavy atom. The molecule has 2 N–H and O–H groups in total. The van der Waals surface area contributed by atoms with Crippen LogP contribution in [0.15, 0.2) is 24.3 Å². The van der Waals surface area contributed by atoms with Crippen LogP contribution in [0.5, 0.6) is 11.5 Å². The molecule has 0 spiro atoms. The molecule has 130 valence electrons. The third-order valence-corrected chi connectivity index (χ3v) is 4.49. The molecule has 2 aromatic carbocycles. The van der Waals surface area contributed by atoms with Crippen LogP contribution in [0.25, 0.3) is 11.1 Å². The predicted molar refractivity (Wildman–Crippen MR) is 103 cm³/mol. The molecule has 0 atom stereocenters. The van der Waals surface area contributed by atoms with E-state index in [0.29, 0.717) is 21.2 Å². The lowest BCUT2D eigenvalue weighted by atomic mass is 9.82. The number of phenolic OH excluding ortho intramolecular Hbond substituents is 2. The van der Waals surface area contributed by atoms with Gasteiger partial charge in [-0.3, -0.25) is 0 Å². The molecule has 0 heterocycles. The van der Waals surface area contributed by atoms with Crippen LogP contribution >= 0.6 is 23.2 Å². The topological polar surface area (TPSA) is 40.5 Å². The van der Waals surface area contributed by atoms with Crippen molar-refractivity contribution in [3.63, 3.8) is 0 Å². The minimum Gasteiger partial charge on any atom is -0.507 e. The first kappa shape index (κ1) is 19.0. The summed E-state index contributed by atoms with van der Waals surface area (Å²) in [6.45, 7) is 12.0. The highest BCUT2D eigenvalue weighted by molar-refractivity contribution is 6.31. The fraction of sp³-hybridized carbons (Fsp3) is 0.400.